The molecule has 0 bridgehead atoms. The average Bonchev–Trinajstić information content (AvgIpc) is 2.29. The van der Waals surface area contributed by atoms with E-state index in [0.29, 0.717) is 24.2 Å². The van der Waals surface area contributed by atoms with Crippen molar-refractivity contribution in [3.63, 3.8) is 0 Å². The normalized spacial score (nSPS) is 9.19. The Kier molecular flexibility index (Phi) is 4.60. The van der Waals surface area contributed by atoms with E-state index >= 15 is 0 Å². The lowest BCUT2D eigenvalue weighted by molar-refractivity contribution is 0.0981. The van der Waals surface area contributed by atoms with E-state index in [2.05, 4.69) is 11.8 Å². The van der Waals surface area contributed by atoms with Gasteiger partial charge < -0.3 is 4.74 Å². The number of ether oxygens (including phenoxy) is 1. The van der Waals surface area contributed by atoms with E-state index < -0.39 is 0 Å². The first-order chi connectivity index (χ1) is 7.69. The lowest BCUT2D eigenvalue weighted by atomic mass is 10.0. The Morgan fingerprint density at radius 1 is 1.44 bits per heavy atom. The van der Waals surface area contributed by atoms with Gasteiger partial charge in [0.2, 0.25) is 0 Å². The van der Waals surface area contributed by atoms with E-state index in [1.807, 2.05) is 25.1 Å². The second-order valence-electron chi connectivity index (χ2n) is 3.55. The van der Waals surface area contributed by atoms with Crippen molar-refractivity contribution in [1.82, 2.24) is 0 Å². The van der Waals surface area contributed by atoms with E-state index in [4.69, 9.17) is 4.74 Å². The van der Waals surface area contributed by atoms with Crippen molar-refractivity contribution in [2.45, 2.75) is 26.7 Å². The number of rotatable bonds is 4. The van der Waals surface area contributed by atoms with Gasteiger partial charge in [-0.25, -0.2) is 0 Å². The summed E-state index contributed by atoms with van der Waals surface area (Å²) in [5, 5.41) is 0. The van der Waals surface area contributed by atoms with Gasteiger partial charge in [-0.3, -0.25) is 4.79 Å². The van der Waals surface area contributed by atoms with Crippen molar-refractivity contribution >= 4 is 5.78 Å². The van der Waals surface area contributed by atoms with Gasteiger partial charge >= 0.3 is 0 Å². The smallest absolute Gasteiger partial charge is 0.167 e. The summed E-state index contributed by atoms with van der Waals surface area (Å²) in [4.78, 5) is 11.9. The fourth-order valence-corrected chi connectivity index (χ4v) is 1.46. The van der Waals surface area contributed by atoms with Gasteiger partial charge in [0.1, 0.15) is 5.75 Å². The van der Waals surface area contributed by atoms with Gasteiger partial charge in [0.05, 0.1) is 12.7 Å². The molecule has 0 aliphatic heterocycles. The molecule has 0 aromatic heterocycles. The fraction of sp³-hybridized carbons (Fsp3) is 0.357. The molecule has 0 saturated carbocycles. The number of benzene rings is 1. The Morgan fingerprint density at radius 3 is 2.81 bits per heavy atom. The third-order valence-electron chi connectivity index (χ3n) is 2.31. The first-order valence-electron chi connectivity index (χ1n) is 5.26. The van der Waals surface area contributed by atoms with Crippen molar-refractivity contribution in [2.24, 2.45) is 0 Å². The molecule has 2 heteroatoms. The van der Waals surface area contributed by atoms with Crippen LogP contribution in [0.3, 0.4) is 0 Å². The third kappa shape index (κ3) is 3.13. The molecule has 0 unspecified atom stereocenters. The Hall–Kier alpha value is -1.75. The number of hydrogen-bond acceptors (Lipinski definition) is 2. The van der Waals surface area contributed by atoms with E-state index in [9.17, 15) is 4.79 Å². The van der Waals surface area contributed by atoms with Crippen LogP contribution in [0.15, 0.2) is 18.2 Å². The molecule has 1 aromatic rings. The van der Waals surface area contributed by atoms with Gasteiger partial charge in [-0.15, -0.1) is 11.8 Å². The highest BCUT2D eigenvalue weighted by atomic mass is 16.5. The minimum absolute atomic E-state index is 0.0830. The maximum atomic E-state index is 11.9. The molecule has 0 spiro atoms. The van der Waals surface area contributed by atoms with Crippen molar-refractivity contribution in [1.29, 1.82) is 0 Å². The molecule has 0 radical (unpaired) electrons. The zero-order chi connectivity index (χ0) is 12.0. The third-order valence-corrected chi connectivity index (χ3v) is 2.31. The van der Waals surface area contributed by atoms with E-state index in [0.717, 1.165) is 5.56 Å². The first-order valence-corrected chi connectivity index (χ1v) is 5.26. The molecule has 84 valence electrons. The molecule has 0 amide bonds. The number of carbonyl (C=O) groups is 1. The van der Waals surface area contributed by atoms with Crippen LogP contribution in [0.1, 0.15) is 35.7 Å². The predicted molar refractivity (Wildman–Crippen MR) is 64.7 cm³/mol. The van der Waals surface area contributed by atoms with Crippen LogP contribution >= 0.6 is 0 Å². The summed E-state index contributed by atoms with van der Waals surface area (Å²) in [6.07, 6.45) is 1.05. The largest absolute Gasteiger partial charge is 0.496 e. The number of carbonyl (C=O) groups excluding carboxylic acids is 1. The van der Waals surface area contributed by atoms with Crippen LogP contribution in [-0.4, -0.2) is 12.9 Å². The zero-order valence-corrected chi connectivity index (χ0v) is 9.96. The van der Waals surface area contributed by atoms with Gasteiger partial charge in [-0.05, 0) is 31.5 Å². The zero-order valence-electron chi connectivity index (χ0n) is 9.96. The van der Waals surface area contributed by atoms with Crippen LogP contribution in [0.4, 0.5) is 0 Å². The highest BCUT2D eigenvalue weighted by Crippen LogP contribution is 2.21. The van der Waals surface area contributed by atoms with Crippen molar-refractivity contribution in [3.05, 3.63) is 29.3 Å². The van der Waals surface area contributed by atoms with E-state index in [1.165, 1.54) is 0 Å². The van der Waals surface area contributed by atoms with Crippen LogP contribution in [0.25, 0.3) is 0 Å². The van der Waals surface area contributed by atoms with Gasteiger partial charge in [0, 0.05) is 12.8 Å². The molecule has 0 N–H and O–H groups in total. The number of aryl methyl sites for hydroxylation is 1. The molecule has 2 nitrogen and oxygen atoms in total. The van der Waals surface area contributed by atoms with Gasteiger partial charge in [-0.1, -0.05) is 6.07 Å². The molecule has 16 heavy (non-hydrogen) atoms. The monoisotopic (exact) mass is 216 g/mol. The lowest BCUT2D eigenvalue weighted by Crippen LogP contribution is -2.02. The highest BCUT2D eigenvalue weighted by molar-refractivity contribution is 5.98. The molecule has 0 fully saturated rings. The lowest BCUT2D eigenvalue weighted by Gasteiger charge is -2.07. The molecule has 0 atom stereocenters. The van der Waals surface area contributed by atoms with Crippen LogP contribution < -0.4 is 4.74 Å². The molecule has 1 aromatic carbocycles. The highest BCUT2D eigenvalue weighted by Gasteiger charge is 2.11. The van der Waals surface area contributed by atoms with Gasteiger partial charge in [-0.2, -0.15) is 0 Å². The maximum absolute atomic E-state index is 11.9. The second-order valence-corrected chi connectivity index (χ2v) is 3.55. The Labute approximate surface area is 96.6 Å². The minimum Gasteiger partial charge on any atom is -0.496 e. The maximum Gasteiger partial charge on any atom is 0.167 e. The fourth-order valence-electron chi connectivity index (χ4n) is 1.46. The van der Waals surface area contributed by atoms with Gasteiger partial charge in [0.15, 0.2) is 5.78 Å². The van der Waals surface area contributed by atoms with Gasteiger partial charge in [0.25, 0.3) is 0 Å². The second kappa shape index (κ2) is 5.97. The quantitative estimate of drug-likeness (QED) is 0.571. The summed E-state index contributed by atoms with van der Waals surface area (Å²) in [6, 6.07) is 5.61. The van der Waals surface area contributed by atoms with Crippen molar-refractivity contribution in [3.8, 4) is 17.6 Å². The predicted octanol–water partition coefficient (Wildman–Crippen LogP) is 2.99. The molecule has 0 aliphatic rings. The summed E-state index contributed by atoms with van der Waals surface area (Å²) < 4.78 is 5.20. The molecular formula is C14H16O2. The molecule has 0 aliphatic carbocycles. The molecular weight excluding hydrogens is 200 g/mol. The number of Topliss-reactive ketones (excluding diaryl/α,β-unsaturated/α-hetero) is 1. The number of methoxy groups -OCH3 is 1. The SMILES string of the molecule is CC#CCCC(=O)c1ccc(C)cc1OC. The van der Waals surface area contributed by atoms with E-state index in [-0.39, 0.29) is 5.78 Å². The van der Waals surface area contributed by atoms with Crippen molar-refractivity contribution in [2.75, 3.05) is 7.11 Å². The Morgan fingerprint density at radius 2 is 2.19 bits per heavy atom. The summed E-state index contributed by atoms with van der Waals surface area (Å²) >= 11 is 0. The molecule has 0 heterocycles. The minimum atomic E-state index is 0.0830. The Bertz CT molecular complexity index is 436. The summed E-state index contributed by atoms with van der Waals surface area (Å²) in [6.45, 7) is 3.75. The first kappa shape index (κ1) is 12.3. The number of hydrogen-bond donors (Lipinski definition) is 0. The van der Waals surface area contributed by atoms with Crippen LogP contribution in [-0.2, 0) is 0 Å². The van der Waals surface area contributed by atoms with Crippen molar-refractivity contribution < 1.29 is 9.53 Å². The standard InChI is InChI=1S/C14H16O2/c1-4-5-6-7-13(15)12-9-8-11(2)10-14(12)16-3/h8-10H,6-7H2,1-3H3. The average molecular weight is 216 g/mol. The van der Waals surface area contributed by atoms with Crippen LogP contribution in [0.2, 0.25) is 0 Å². The van der Waals surface area contributed by atoms with E-state index in [1.54, 1.807) is 14.0 Å². The molecule has 0 saturated heterocycles. The summed E-state index contributed by atoms with van der Waals surface area (Å²) in [5.41, 5.74) is 1.73. The number of ketones is 1. The topological polar surface area (TPSA) is 26.3 Å². The molecule has 1 rings (SSSR count). The summed E-state index contributed by atoms with van der Waals surface area (Å²) in [5.74, 6) is 6.40. The van der Waals surface area contributed by atoms with Crippen LogP contribution in [0, 0.1) is 18.8 Å². The van der Waals surface area contributed by atoms with Crippen LogP contribution in [0.5, 0.6) is 5.75 Å². The Balaban J connectivity index is 2.84. The summed E-state index contributed by atoms with van der Waals surface area (Å²) in [7, 11) is 1.58.